The molecule has 182 valence electrons. The molecule has 6 bridgehead atoms. The molecule has 4 saturated carbocycles. The van der Waals surface area contributed by atoms with Gasteiger partial charge in [-0.15, -0.1) is 0 Å². The second-order valence-corrected chi connectivity index (χ2v) is 12.4. The molecule has 8 rings (SSSR count). The second kappa shape index (κ2) is 7.63. The Bertz CT molecular complexity index is 994. The summed E-state index contributed by atoms with van der Waals surface area (Å²) in [4.78, 5) is 27.9. The lowest BCUT2D eigenvalue weighted by atomic mass is 9.47. The third kappa shape index (κ3) is 3.27. The number of primary amides is 1. The lowest BCUT2D eigenvalue weighted by Gasteiger charge is -2.59. The maximum absolute atomic E-state index is 13.5. The van der Waals surface area contributed by atoms with E-state index in [-0.39, 0.29) is 41.6 Å². The number of nitrogens with one attached hydrogen (secondary N) is 1. The molecule has 6 nitrogen and oxygen atoms in total. The number of fused-ring (bicyclic) bond motifs is 3. The third-order valence-corrected chi connectivity index (χ3v) is 10.4. The van der Waals surface area contributed by atoms with Crippen molar-refractivity contribution in [2.24, 2.45) is 28.9 Å². The van der Waals surface area contributed by atoms with E-state index in [1.54, 1.807) is 0 Å². The number of urea groups is 1. The normalized spacial score (nSPS) is 41.4. The number of nitrogens with zero attached hydrogens (tertiary/aromatic N) is 1. The van der Waals surface area contributed by atoms with E-state index < -0.39 is 0 Å². The molecule has 7 aliphatic rings. The molecule has 0 aromatic heterocycles. The minimum absolute atomic E-state index is 0.111. The highest BCUT2D eigenvalue weighted by Crippen LogP contribution is 2.60. The fraction of sp³-hybridized carbons (Fsp3) is 0.714. The standard InChI is InChI=1S/C28H37N3O3/c29-26(32)28-13-16-8-19(14-28)25(20(9-16)15-28)30-27(33)31-21-5-6-22(31)12-24(11-21)34-23-7-4-17-2-1-3-18(17)10-23/h4,7,10,16,19-22,24-25H,1-3,5-6,8-9,11-15H2,(H2,29,32)(H,30,33)/t16?,19?,20?,21-,22?,24?,25?,28?/m0/s1. The largest absolute Gasteiger partial charge is 0.490 e. The van der Waals surface area contributed by atoms with E-state index in [4.69, 9.17) is 10.5 Å². The van der Waals surface area contributed by atoms with Crippen LogP contribution in [0.2, 0.25) is 0 Å². The van der Waals surface area contributed by atoms with Crippen LogP contribution in [0.5, 0.6) is 5.75 Å². The van der Waals surface area contributed by atoms with E-state index in [2.05, 4.69) is 28.4 Å². The molecular weight excluding hydrogens is 426 g/mol. The van der Waals surface area contributed by atoms with Crippen molar-refractivity contribution in [2.45, 2.75) is 101 Å². The fourth-order valence-corrected chi connectivity index (χ4v) is 9.15. The lowest BCUT2D eigenvalue weighted by Crippen LogP contribution is -2.64. The number of amides is 3. The summed E-state index contributed by atoms with van der Waals surface area (Å²) < 4.78 is 6.45. The molecule has 2 aliphatic heterocycles. The number of carbonyl (C=O) groups excluding carboxylic acids is 2. The highest BCUT2D eigenvalue weighted by atomic mass is 16.5. The van der Waals surface area contributed by atoms with Crippen LogP contribution in [0.3, 0.4) is 0 Å². The van der Waals surface area contributed by atoms with Crippen molar-refractivity contribution in [1.82, 2.24) is 10.2 Å². The smallest absolute Gasteiger partial charge is 0.318 e. The first-order chi connectivity index (χ1) is 16.5. The molecule has 1 aromatic carbocycles. The number of rotatable bonds is 4. The zero-order valence-electron chi connectivity index (χ0n) is 20.0. The zero-order chi connectivity index (χ0) is 23.0. The van der Waals surface area contributed by atoms with Crippen molar-refractivity contribution in [3.63, 3.8) is 0 Å². The van der Waals surface area contributed by atoms with Crippen LogP contribution in [0.1, 0.15) is 75.3 Å². The van der Waals surface area contributed by atoms with Crippen molar-refractivity contribution < 1.29 is 14.3 Å². The summed E-state index contributed by atoms with van der Waals surface area (Å²) in [5.41, 5.74) is 8.47. The minimum Gasteiger partial charge on any atom is -0.490 e. The summed E-state index contributed by atoms with van der Waals surface area (Å²) in [5, 5.41) is 3.48. The maximum Gasteiger partial charge on any atom is 0.318 e. The van der Waals surface area contributed by atoms with Crippen LogP contribution in [0.25, 0.3) is 0 Å². The average Bonchev–Trinajstić information content (AvgIpc) is 3.37. The Kier molecular flexibility index (Phi) is 4.73. The first kappa shape index (κ1) is 21.1. The summed E-state index contributed by atoms with van der Waals surface area (Å²) in [5.74, 6) is 2.31. The molecule has 34 heavy (non-hydrogen) atoms. The van der Waals surface area contributed by atoms with Gasteiger partial charge in [-0.2, -0.15) is 0 Å². The lowest BCUT2D eigenvalue weighted by molar-refractivity contribution is -0.145. The van der Waals surface area contributed by atoms with Gasteiger partial charge in [0.2, 0.25) is 5.91 Å². The molecule has 3 amide bonds. The Morgan fingerprint density at radius 3 is 2.38 bits per heavy atom. The molecule has 1 aromatic rings. The average molecular weight is 464 g/mol. The van der Waals surface area contributed by atoms with Gasteiger partial charge in [0.05, 0.1) is 0 Å². The minimum atomic E-state index is -0.302. The van der Waals surface area contributed by atoms with Crippen LogP contribution >= 0.6 is 0 Å². The number of piperidine rings is 1. The van der Waals surface area contributed by atoms with Crippen LogP contribution < -0.4 is 15.8 Å². The number of hydrogen-bond acceptors (Lipinski definition) is 3. The second-order valence-electron chi connectivity index (χ2n) is 12.4. The Hall–Kier alpha value is -2.24. The van der Waals surface area contributed by atoms with Gasteiger partial charge in [-0.25, -0.2) is 4.79 Å². The number of hydrogen-bond donors (Lipinski definition) is 2. The Morgan fingerprint density at radius 2 is 1.68 bits per heavy atom. The highest BCUT2D eigenvalue weighted by molar-refractivity contribution is 5.81. The monoisotopic (exact) mass is 463 g/mol. The van der Waals surface area contributed by atoms with Crippen molar-refractivity contribution in [3.8, 4) is 5.75 Å². The number of benzene rings is 1. The molecule has 3 N–H and O–H groups in total. The van der Waals surface area contributed by atoms with Gasteiger partial charge in [0.15, 0.2) is 0 Å². The third-order valence-electron chi connectivity index (χ3n) is 10.4. The molecule has 0 spiro atoms. The van der Waals surface area contributed by atoms with Crippen molar-refractivity contribution >= 4 is 11.9 Å². The Balaban J connectivity index is 1.01. The SMILES string of the molecule is NC(=O)C12CC3CC(C1)C(NC(=O)N1C4CC[C@H]1CC(Oc1ccc5c(c1)CCC5)C4)C(C3)C2. The van der Waals surface area contributed by atoms with Gasteiger partial charge in [0.1, 0.15) is 11.9 Å². The first-order valence-corrected chi connectivity index (χ1v) is 13.6. The Morgan fingerprint density at radius 1 is 0.971 bits per heavy atom. The van der Waals surface area contributed by atoms with Gasteiger partial charge >= 0.3 is 6.03 Å². The summed E-state index contributed by atoms with van der Waals surface area (Å²) >= 11 is 0. The molecule has 6 fully saturated rings. The van der Waals surface area contributed by atoms with Crippen molar-refractivity contribution in [1.29, 1.82) is 0 Å². The van der Waals surface area contributed by atoms with Gasteiger partial charge in [0.25, 0.3) is 0 Å². The van der Waals surface area contributed by atoms with E-state index in [1.165, 1.54) is 30.4 Å². The van der Waals surface area contributed by atoms with E-state index in [9.17, 15) is 9.59 Å². The highest BCUT2D eigenvalue weighted by Gasteiger charge is 2.58. The quantitative estimate of drug-likeness (QED) is 0.709. The summed E-state index contributed by atoms with van der Waals surface area (Å²) in [6.45, 7) is 0. The van der Waals surface area contributed by atoms with Crippen LogP contribution in [0.15, 0.2) is 18.2 Å². The number of ether oxygens (including phenoxy) is 1. The van der Waals surface area contributed by atoms with Gasteiger partial charge < -0.3 is 20.7 Å². The fourth-order valence-electron chi connectivity index (χ4n) is 9.15. The molecule has 0 radical (unpaired) electrons. The van der Waals surface area contributed by atoms with Gasteiger partial charge in [0, 0.05) is 36.4 Å². The topological polar surface area (TPSA) is 84.7 Å². The number of aryl methyl sites for hydroxylation is 2. The van der Waals surface area contributed by atoms with Crippen LogP contribution in [-0.4, -0.2) is 41.1 Å². The molecule has 2 heterocycles. The van der Waals surface area contributed by atoms with E-state index >= 15 is 0 Å². The maximum atomic E-state index is 13.5. The number of carbonyl (C=O) groups is 2. The summed E-state index contributed by atoms with van der Waals surface area (Å²) in [6.07, 6.45) is 12.8. The van der Waals surface area contributed by atoms with E-state index in [0.29, 0.717) is 17.8 Å². The zero-order valence-corrected chi connectivity index (χ0v) is 20.0. The molecule has 5 aliphatic carbocycles. The molecular formula is C28H37N3O3. The molecule has 2 saturated heterocycles. The van der Waals surface area contributed by atoms with Crippen LogP contribution in [0, 0.1) is 23.2 Å². The van der Waals surface area contributed by atoms with Gasteiger partial charge in [-0.05, 0) is 105 Å². The van der Waals surface area contributed by atoms with E-state index in [1.807, 2.05) is 0 Å². The van der Waals surface area contributed by atoms with Gasteiger partial charge in [-0.1, -0.05) is 6.07 Å². The number of nitrogens with two attached hydrogens (primary N) is 1. The molecule has 4 unspecified atom stereocenters. The van der Waals surface area contributed by atoms with Crippen LogP contribution in [-0.2, 0) is 17.6 Å². The Labute approximate surface area is 202 Å². The predicted octanol–water partition coefficient (Wildman–Crippen LogP) is 3.94. The first-order valence-electron chi connectivity index (χ1n) is 13.6. The summed E-state index contributed by atoms with van der Waals surface area (Å²) in [7, 11) is 0. The van der Waals surface area contributed by atoms with Crippen molar-refractivity contribution in [3.05, 3.63) is 29.3 Å². The molecule has 6 heteroatoms. The van der Waals surface area contributed by atoms with Crippen molar-refractivity contribution in [2.75, 3.05) is 0 Å². The van der Waals surface area contributed by atoms with Gasteiger partial charge in [-0.3, -0.25) is 4.79 Å². The van der Waals surface area contributed by atoms with Crippen LogP contribution in [0.4, 0.5) is 4.79 Å². The molecule has 5 atom stereocenters. The summed E-state index contributed by atoms with van der Waals surface area (Å²) in [6, 6.07) is 7.48. The van der Waals surface area contributed by atoms with E-state index in [0.717, 1.165) is 63.5 Å². The predicted molar refractivity (Wildman–Crippen MR) is 128 cm³/mol.